The number of rotatable bonds is 4. The molecule has 2 atom stereocenters. The molecule has 2 heterocycles. The first kappa shape index (κ1) is 15.5. The molecule has 1 saturated heterocycles. The minimum atomic E-state index is -0.860. The molecule has 0 amide bonds. The zero-order chi connectivity index (χ0) is 15.7. The van der Waals surface area contributed by atoms with E-state index < -0.39 is 18.1 Å². The van der Waals surface area contributed by atoms with Crippen molar-refractivity contribution < 1.29 is 14.3 Å². The molecule has 2 aromatic rings. The van der Waals surface area contributed by atoms with Gasteiger partial charge in [-0.25, -0.2) is 4.39 Å². The number of carbonyl (C=O) groups is 1. The number of halogens is 2. The van der Waals surface area contributed by atoms with Gasteiger partial charge in [-0.15, -0.1) is 11.3 Å². The van der Waals surface area contributed by atoms with Gasteiger partial charge in [0.15, 0.2) is 0 Å². The minimum absolute atomic E-state index is 0.326. The summed E-state index contributed by atoms with van der Waals surface area (Å²) in [6.45, 7) is 0.630. The third kappa shape index (κ3) is 2.89. The van der Waals surface area contributed by atoms with E-state index in [0.717, 1.165) is 11.3 Å². The Bertz CT molecular complexity index is 690. The monoisotopic (exact) mass is 339 g/mol. The van der Waals surface area contributed by atoms with E-state index in [1.807, 2.05) is 11.0 Å². The van der Waals surface area contributed by atoms with Crippen LogP contribution in [0.2, 0.25) is 4.34 Å². The molecule has 1 fully saturated rings. The van der Waals surface area contributed by atoms with Crippen molar-refractivity contribution in [3.63, 3.8) is 0 Å². The van der Waals surface area contributed by atoms with Gasteiger partial charge < -0.3 is 5.11 Å². The van der Waals surface area contributed by atoms with Crippen molar-refractivity contribution in [2.75, 3.05) is 6.54 Å². The van der Waals surface area contributed by atoms with Crippen molar-refractivity contribution in [2.24, 2.45) is 0 Å². The molecule has 1 aromatic heterocycles. The summed E-state index contributed by atoms with van der Waals surface area (Å²) in [7, 11) is 0. The second kappa shape index (κ2) is 6.36. The Kier molecular flexibility index (Phi) is 4.47. The van der Waals surface area contributed by atoms with Crippen LogP contribution < -0.4 is 0 Å². The molecule has 0 radical (unpaired) electrons. The highest BCUT2D eigenvalue weighted by Crippen LogP contribution is 2.39. The van der Waals surface area contributed by atoms with Crippen LogP contribution in [0, 0.1) is 5.82 Å². The summed E-state index contributed by atoms with van der Waals surface area (Å²) >= 11 is 7.39. The van der Waals surface area contributed by atoms with Gasteiger partial charge in [-0.05, 0) is 31.0 Å². The largest absolute Gasteiger partial charge is 0.480 e. The number of hydrogen-bond acceptors (Lipinski definition) is 3. The Morgan fingerprint density at radius 2 is 2.14 bits per heavy atom. The van der Waals surface area contributed by atoms with Gasteiger partial charge >= 0.3 is 5.97 Å². The maximum Gasteiger partial charge on any atom is 0.320 e. The molecule has 0 saturated carbocycles. The number of carboxylic acids is 1. The van der Waals surface area contributed by atoms with Crippen LogP contribution in [0.25, 0.3) is 0 Å². The average molecular weight is 340 g/mol. The van der Waals surface area contributed by atoms with Crippen LogP contribution in [0.5, 0.6) is 0 Å². The molecule has 1 aliphatic heterocycles. The Hall–Kier alpha value is -1.43. The second-order valence-electron chi connectivity index (χ2n) is 5.30. The summed E-state index contributed by atoms with van der Waals surface area (Å²) in [6.07, 6.45) is 1.38. The third-order valence-electron chi connectivity index (χ3n) is 3.97. The number of carboxylic acid groups (broad SMARTS) is 1. The molecule has 6 heteroatoms. The smallest absolute Gasteiger partial charge is 0.320 e. The average Bonchev–Trinajstić information content (AvgIpc) is 3.11. The molecule has 1 N–H and O–H groups in total. The molecule has 0 spiro atoms. The van der Waals surface area contributed by atoms with Gasteiger partial charge in [-0.1, -0.05) is 29.8 Å². The number of hydrogen-bond donors (Lipinski definition) is 1. The van der Waals surface area contributed by atoms with Crippen molar-refractivity contribution in [1.29, 1.82) is 0 Å². The van der Waals surface area contributed by atoms with Gasteiger partial charge in [0, 0.05) is 17.0 Å². The number of benzene rings is 1. The molecule has 0 bridgehead atoms. The van der Waals surface area contributed by atoms with E-state index >= 15 is 0 Å². The van der Waals surface area contributed by atoms with Crippen LogP contribution in [0.3, 0.4) is 0 Å². The normalized spacial score (nSPS) is 20.2. The van der Waals surface area contributed by atoms with Crippen LogP contribution in [-0.2, 0) is 4.79 Å². The van der Waals surface area contributed by atoms with Crippen LogP contribution in [0.1, 0.15) is 29.3 Å². The van der Waals surface area contributed by atoms with Gasteiger partial charge in [0.1, 0.15) is 11.9 Å². The standard InChI is InChI=1S/C16H15ClFNO2S/c17-14-8-7-13(22-14)15(10-4-1-2-5-11(10)18)19-9-3-6-12(19)16(20)21/h1-2,4-5,7-8,12,15H,3,6,9H2,(H,20,21). The Labute approximate surface area is 136 Å². The quantitative estimate of drug-likeness (QED) is 0.908. The fraction of sp³-hybridized carbons (Fsp3) is 0.312. The zero-order valence-corrected chi connectivity index (χ0v) is 13.3. The van der Waals surface area contributed by atoms with E-state index in [2.05, 4.69) is 0 Å². The Balaban J connectivity index is 2.07. The summed E-state index contributed by atoms with van der Waals surface area (Å²) in [4.78, 5) is 14.2. The van der Waals surface area contributed by atoms with Crippen LogP contribution in [-0.4, -0.2) is 28.6 Å². The first-order valence-corrected chi connectivity index (χ1v) is 8.25. The number of likely N-dealkylation sites (tertiary alicyclic amines) is 1. The molecule has 3 rings (SSSR count). The van der Waals surface area contributed by atoms with Crippen molar-refractivity contribution in [1.82, 2.24) is 4.90 Å². The van der Waals surface area contributed by atoms with Crippen molar-refractivity contribution in [3.05, 3.63) is 57.0 Å². The second-order valence-corrected chi connectivity index (χ2v) is 7.05. The number of nitrogens with zero attached hydrogens (tertiary/aromatic N) is 1. The van der Waals surface area contributed by atoms with Gasteiger partial charge in [0.2, 0.25) is 0 Å². The predicted octanol–water partition coefficient (Wildman–Crippen LogP) is 4.18. The van der Waals surface area contributed by atoms with E-state index in [1.165, 1.54) is 17.4 Å². The summed E-state index contributed by atoms with van der Waals surface area (Å²) < 4.78 is 14.9. The van der Waals surface area contributed by atoms with Crippen molar-refractivity contribution in [3.8, 4) is 0 Å². The molecule has 1 aromatic carbocycles. The molecule has 2 unspecified atom stereocenters. The molecule has 1 aliphatic rings. The first-order chi connectivity index (χ1) is 10.6. The SMILES string of the molecule is O=C(O)C1CCCN1C(c1ccc(Cl)s1)c1ccccc1F. The van der Waals surface area contributed by atoms with Crippen molar-refractivity contribution >= 4 is 28.9 Å². The van der Waals surface area contributed by atoms with Gasteiger partial charge in [0.25, 0.3) is 0 Å². The molecule has 22 heavy (non-hydrogen) atoms. The minimum Gasteiger partial charge on any atom is -0.480 e. The van der Waals surface area contributed by atoms with E-state index in [-0.39, 0.29) is 5.82 Å². The van der Waals surface area contributed by atoms with Gasteiger partial charge in [-0.2, -0.15) is 0 Å². The lowest BCUT2D eigenvalue weighted by molar-refractivity contribution is -0.142. The highest BCUT2D eigenvalue weighted by atomic mass is 35.5. The molecule has 3 nitrogen and oxygen atoms in total. The zero-order valence-electron chi connectivity index (χ0n) is 11.7. The van der Waals surface area contributed by atoms with E-state index in [1.54, 1.807) is 24.3 Å². The fourth-order valence-electron chi connectivity index (χ4n) is 3.03. The third-order valence-corrected chi connectivity index (χ3v) is 5.26. The first-order valence-electron chi connectivity index (χ1n) is 7.06. The topological polar surface area (TPSA) is 40.5 Å². The highest BCUT2D eigenvalue weighted by Gasteiger charge is 2.38. The Morgan fingerprint density at radius 3 is 2.77 bits per heavy atom. The van der Waals surface area contributed by atoms with E-state index in [4.69, 9.17) is 11.6 Å². The van der Waals surface area contributed by atoms with Gasteiger partial charge in [-0.3, -0.25) is 9.69 Å². The summed E-state index contributed by atoms with van der Waals surface area (Å²) in [5.41, 5.74) is 0.495. The number of aliphatic carboxylic acids is 1. The van der Waals surface area contributed by atoms with Crippen LogP contribution >= 0.6 is 22.9 Å². The lowest BCUT2D eigenvalue weighted by Crippen LogP contribution is -2.39. The Morgan fingerprint density at radius 1 is 1.36 bits per heavy atom. The lowest BCUT2D eigenvalue weighted by atomic mass is 10.0. The van der Waals surface area contributed by atoms with Crippen molar-refractivity contribution in [2.45, 2.75) is 24.9 Å². The summed E-state index contributed by atoms with van der Waals surface area (Å²) in [6, 6.07) is 9.13. The van der Waals surface area contributed by atoms with Crippen LogP contribution in [0.4, 0.5) is 4.39 Å². The van der Waals surface area contributed by atoms with E-state index in [9.17, 15) is 14.3 Å². The summed E-state index contributed by atoms with van der Waals surface area (Å²) in [5.74, 6) is -1.19. The maximum absolute atomic E-state index is 14.3. The number of thiophene rings is 1. The summed E-state index contributed by atoms with van der Waals surface area (Å²) in [5, 5.41) is 9.44. The molecule has 0 aliphatic carbocycles. The van der Waals surface area contributed by atoms with E-state index in [0.29, 0.717) is 22.9 Å². The van der Waals surface area contributed by atoms with Gasteiger partial charge in [0.05, 0.1) is 10.4 Å². The molecular formula is C16H15ClFNO2S. The highest BCUT2D eigenvalue weighted by molar-refractivity contribution is 7.16. The van der Waals surface area contributed by atoms with Crippen LogP contribution in [0.15, 0.2) is 36.4 Å². The molecule has 116 valence electrons. The predicted molar refractivity (Wildman–Crippen MR) is 84.9 cm³/mol. The fourth-order valence-corrected chi connectivity index (χ4v) is 4.23. The lowest BCUT2D eigenvalue weighted by Gasteiger charge is -2.31. The maximum atomic E-state index is 14.3. The molecular weight excluding hydrogens is 325 g/mol.